The van der Waals surface area contributed by atoms with Crippen LogP contribution in [0.4, 0.5) is 0 Å². The van der Waals surface area contributed by atoms with E-state index in [2.05, 4.69) is 4.98 Å². The summed E-state index contributed by atoms with van der Waals surface area (Å²) in [7, 11) is 0. The van der Waals surface area contributed by atoms with E-state index < -0.39 is 5.97 Å². The molecule has 17 heavy (non-hydrogen) atoms. The molecule has 0 fully saturated rings. The topological polar surface area (TPSA) is 70.4 Å². The molecule has 0 spiro atoms. The van der Waals surface area contributed by atoms with Gasteiger partial charge in [-0.25, -0.2) is 4.79 Å². The van der Waals surface area contributed by atoms with Crippen molar-refractivity contribution in [2.75, 3.05) is 0 Å². The Kier molecular flexibility index (Phi) is 2.78. The first-order valence-corrected chi connectivity index (χ1v) is 5.07. The minimum Gasteiger partial charge on any atom is -0.505 e. The number of hydrogen-bond donors (Lipinski definition) is 2. The van der Waals surface area contributed by atoms with E-state index in [9.17, 15) is 9.90 Å². The van der Waals surface area contributed by atoms with E-state index in [0.29, 0.717) is 5.56 Å². The van der Waals surface area contributed by atoms with E-state index in [1.165, 1.54) is 6.20 Å². The molecule has 86 valence electrons. The number of hydrogen-bond acceptors (Lipinski definition) is 3. The highest BCUT2D eigenvalue weighted by Crippen LogP contribution is 2.29. The van der Waals surface area contributed by atoms with Gasteiger partial charge in [-0.15, -0.1) is 0 Å². The minimum absolute atomic E-state index is 0.120. The zero-order valence-electron chi connectivity index (χ0n) is 9.21. The average Bonchev–Trinajstić information content (AvgIpc) is 2.28. The number of nitrogens with zero attached hydrogens (tertiary/aromatic N) is 1. The summed E-state index contributed by atoms with van der Waals surface area (Å²) >= 11 is 0. The van der Waals surface area contributed by atoms with Gasteiger partial charge in [-0.05, 0) is 12.5 Å². The lowest BCUT2D eigenvalue weighted by atomic mass is 10.00. The van der Waals surface area contributed by atoms with Gasteiger partial charge in [-0.1, -0.05) is 29.8 Å². The number of rotatable bonds is 2. The monoisotopic (exact) mass is 229 g/mol. The summed E-state index contributed by atoms with van der Waals surface area (Å²) in [5, 5.41) is 18.6. The molecule has 4 heteroatoms. The van der Waals surface area contributed by atoms with Crippen molar-refractivity contribution in [1.29, 1.82) is 0 Å². The van der Waals surface area contributed by atoms with E-state index in [4.69, 9.17) is 5.11 Å². The molecule has 2 N–H and O–H groups in total. The maximum absolute atomic E-state index is 11.1. The molecule has 0 aliphatic rings. The maximum Gasteiger partial charge on any atom is 0.340 e. The quantitative estimate of drug-likeness (QED) is 0.829. The first-order chi connectivity index (χ1) is 8.09. The number of carboxylic acids is 1. The fourth-order valence-electron chi connectivity index (χ4n) is 1.71. The van der Waals surface area contributed by atoms with Crippen LogP contribution in [0.3, 0.4) is 0 Å². The Labute approximate surface area is 98.2 Å². The Hall–Kier alpha value is -2.36. The predicted molar refractivity (Wildman–Crippen MR) is 63.0 cm³/mol. The van der Waals surface area contributed by atoms with Crippen molar-refractivity contribution in [3.8, 4) is 16.9 Å². The zero-order valence-corrected chi connectivity index (χ0v) is 9.21. The number of aromatic hydroxyl groups is 1. The first-order valence-electron chi connectivity index (χ1n) is 5.07. The third-order valence-corrected chi connectivity index (χ3v) is 2.47. The molecule has 2 aromatic rings. The second-order valence-corrected chi connectivity index (χ2v) is 3.76. The lowest BCUT2D eigenvalue weighted by Crippen LogP contribution is -2.01. The standard InChI is InChI=1S/C13H11NO3/c1-8-3-2-4-9(5-8)10-6-14-7-11(15)12(10)13(16)17/h2-7,15H,1H3,(H,16,17). The van der Waals surface area contributed by atoms with Crippen LogP contribution in [0.2, 0.25) is 0 Å². The average molecular weight is 229 g/mol. The number of aromatic nitrogens is 1. The summed E-state index contributed by atoms with van der Waals surface area (Å²) < 4.78 is 0. The zero-order chi connectivity index (χ0) is 12.4. The molecule has 1 aromatic carbocycles. The van der Waals surface area contributed by atoms with E-state index in [-0.39, 0.29) is 11.3 Å². The van der Waals surface area contributed by atoms with Crippen LogP contribution in [0.25, 0.3) is 11.1 Å². The fraction of sp³-hybridized carbons (Fsp3) is 0.0769. The van der Waals surface area contributed by atoms with Crippen molar-refractivity contribution >= 4 is 5.97 Å². The molecule has 0 amide bonds. The Bertz CT molecular complexity index is 579. The number of benzene rings is 1. The Morgan fingerprint density at radius 2 is 2.06 bits per heavy atom. The lowest BCUT2D eigenvalue weighted by molar-refractivity contribution is 0.0694. The predicted octanol–water partition coefficient (Wildman–Crippen LogP) is 2.46. The Morgan fingerprint density at radius 1 is 1.29 bits per heavy atom. The van der Waals surface area contributed by atoms with E-state index in [0.717, 1.165) is 17.3 Å². The Morgan fingerprint density at radius 3 is 2.71 bits per heavy atom. The van der Waals surface area contributed by atoms with Crippen LogP contribution in [-0.2, 0) is 0 Å². The van der Waals surface area contributed by atoms with Crippen molar-refractivity contribution in [3.05, 3.63) is 47.8 Å². The Balaban J connectivity index is 2.67. The maximum atomic E-state index is 11.1. The summed E-state index contributed by atoms with van der Waals surface area (Å²) in [6.45, 7) is 1.92. The number of aromatic carboxylic acids is 1. The van der Waals surface area contributed by atoms with Gasteiger partial charge in [0.1, 0.15) is 11.3 Å². The van der Waals surface area contributed by atoms with Gasteiger partial charge in [0.2, 0.25) is 0 Å². The number of aryl methyl sites for hydroxylation is 1. The van der Waals surface area contributed by atoms with E-state index >= 15 is 0 Å². The largest absolute Gasteiger partial charge is 0.505 e. The van der Waals surface area contributed by atoms with Gasteiger partial charge in [0.05, 0.1) is 6.20 Å². The summed E-state index contributed by atoms with van der Waals surface area (Å²) in [6, 6.07) is 7.39. The van der Waals surface area contributed by atoms with Crippen LogP contribution >= 0.6 is 0 Å². The van der Waals surface area contributed by atoms with Crippen molar-refractivity contribution < 1.29 is 15.0 Å². The van der Waals surface area contributed by atoms with Crippen LogP contribution < -0.4 is 0 Å². The summed E-state index contributed by atoms with van der Waals surface area (Å²) in [4.78, 5) is 14.9. The van der Waals surface area contributed by atoms with E-state index in [1.54, 1.807) is 6.07 Å². The number of pyridine rings is 1. The van der Waals surface area contributed by atoms with Crippen molar-refractivity contribution in [1.82, 2.24) is 4.98 Å². The van der Waals surface area contributed by atoms with Gasteiger partial charge in [-0.2, -0.15) is 0 Å². The van der Waals surface area contributed by atoms with Crippen LogP contribution in [-0.4, -0.2) is 21.2 Å². The highest BCUT2D eigenvalue weighted by Gasteiger charge is 2.16. The van der Waals surface area contributed by atoms with Crippen LogP contribution in [0.5, 0.6) is 5.75 Å². The third kappa shape index (κ3) is 2.10. The van der Waals surface area contributed by atoms with Gasteiger partial charge in [-0.3, -0.25) is 4.98 Å². The highest BCUT2D eigenvalue weighted by molar-refractivity contribution is 5.98. The number of carbonyl (C=O) groups is 1. The van der Waals surface area contributed by atoms with Gasteiger partial charge in [0, 0.05) is 11.8 Å². The minimum atomic E-state index is -1.17. The summed E-state index contributed by atoms with van der Waals surface area (Å²) in [6.07, 6.45) is 2.57. The van der Waals surface area contributed by atoms with Crippen molar-refractivity contribution in [3.63, 3.8) is 0 Å². The molecule has 0 aliphatic heterocycles. The molecule has 2 rings (SSSR count). The molecule has 0 bridgehead atoms. The second-order valence-electron chi connectivity index (χ2n) is 3.76. The SMILES string of the molecule is Cc1cccc(-c2cncc(O)c2C(=O)O)c1. The molecule has 0 unspecified atom stereocenters. The molecule has 4 nitrogen and oxygen atoms in total. The van der Waals surface area contributed by atoms with Crippen molar-refractivity contribution in [2.24, 2.45) is 0 Å². The number of carboxylic acid groups (broad SMARTS) is 1. The molecular formula is C13H11NO3. The summed E-state index contributed by atoms with van der Waals surface area (Å²) in [5.41, 5.74) is 2.04. The smallest absolute Gasteiger partial charge is 0.340 e. The molecule has 1 aromatic heterocycles. The third-order valence-electron chi connectivity index (χ3n) is 2.47. The molecule has 0 aliphatic carbocycles. The fourth-order valence-corrected chi connectivity index (χ4v) is 1.71. The molecule has 0 saturated carbocycles. The van der Waals surface area contributed by atoms with Crippen LogP contribution in [0.1, 0.15) is 15.9 Å². The van der Waals surface area contributed by atoms with Gasteiger partial charge < -0.3 is 10.2 Å². The van der Waals surface area contributed by atoms with Crippen LogP contribution in [0.15, 0.2) is 36.7 Å². The normalized spacial score (nSPS) is 10.2. The molecule has 0 saturated heterocycles. The van der Waals surface area contributed by atoms with Gasteiger partial charge in [0.15, 0.2) is 0 Å². The summed E-state index contributed by atoms with van der Waals surface area (Å²) in [5.74, 6) is -1.49. The molecular weight excluding hydrogens is 218 g/mol. The highest BCUT2D eigenvalue weighted by atomic mass is 16.4. The molecule has 0 radical (unpaired) electrons. The van der Waals surface area contributed by atoms with Crippen LogP contribution in [0, 0.1) is 6.92 Å². The van der Waals surface area contributed by atoms with Gasteiger partial charge in [0.25, 0.3) is 0 Å². The lowest BCUT2D eigenvalue weighted by Gasteiger charge is -2.07. The van der Waals surface area contributed by atoms with E-state index in [1.807, 2.05) is 25.1 Å². The van der Waals surface area contributed by atoms with Gasteiger partial charge >= 0.3 is 5.97 Å². The first kappa shape index (κ1) is 11.1. The van der Waals surface area contributed by atoms with Crippen molar-refractivity contribution in [2.45, 2.75) is 6.92 Å². The molecule has 0 atom stereocenters. The second kappa shape index (κ2) is 4.25. The molecule has 1 heterocycles.